The van der Waals surface area contributed by atoms with E-state index in [1.807, 2.05) is 6.92 Å². The van der Waals surface area contributed by atoms with Crippen LogP contribution in [0.25, 0.3) is 0 Å². The van der Waals surface area contributed by atoms with Crippen LogP contribution in [0.3, 0.4) is 0 Å². The van der Waals surface area contributed by atoms with E-state index in [0.29, 0.717) is 11.7 Å². The zero-order chi connectivity index (χ0) is 9.84. The van der Waals surface area contributed by atoms with Crippen molar-refractivity contribution in [3.8, 4) is 0 Å². The summed E-state index contributed by atoms with van der Waals surface area (Å²) in [6.07, 6.45) is 0.749. The van der Waals surface area contributed by atoms with Gasteiger partial charge in [-0.3, -0.25) is 4.79 Å². The number of nitrogens with one attached hydrogen (secondary N) is 1. The predicted molar refractivity (Wildman–Crippen MR) is 53.7 cm³/mol. The van der Waals surface area contributed by atoms with Crippen molar-refractivity contribution in [1.82, 2.24) is 10.3 Å². The summed E-state index contributed by atoms with van der Waals surface area (Å²) in [7, 11) is 0. The number of aromatic nitrogens is 1. The number of nitrogens with two attached hydrogens (primary N) is 1. The zero-order valence-electron chi connectivity index (χ0n) is 7.76. The van der Waals surface area contributed by atoms with Crippen LogP contribution >= 0.6 is 11.3 Å². The molecule has 1 heterocycles. The van der Waals surface area contributed by atoms with Crippen molar-refractivity contribution in [3.63, 3.8) is 0 Å². The largest absolute Gasteiger partial charge is 0.375 e. The molecular weight excluding hydrogens is 186 g/mol. The van der Waals surface area contributed by atoms with Crippen molar-refractivity contribution in [1.29, 1.82) is 0 Å². The summed E-state index contributed by atoms with van der Waals surface area (Å²) in [6, 6.07) is 0. The second-order valence-corrected chi connectivity index (χ2v) is 4.02. The van der Waals surface area contributed by atoms with Gasteiger partial charge < -0.3 is 11.1 Å². The Morgan fingerprint density at radius 1 is 1.69 bits per heavy atom. The fourth-order valence-corrected chi connectivity index (χ4v) is 1.77. The number of carbonyl (C=O) groups excluding carboxylic acids is 1. The molecule has 5 heteroatoms. The second kappa shape index (κ2) is 4.23. The van der Waals surface area contributed by atoms with Gasteiger partial charge in [-0.1, -0.05) is 0 Å². The highest BCUT2D eigenvalue weighted by Gasteiger charge is 2.04. The first kappa shape index (κ1) is 9.98. The third-order valence-electron chi connectivity index (χ3n) is 1.64. The average molecular weight is 199 g/mol. The van der Waals surface area contributed by atoms with Gasteiger partial charge in [0.05, 0.1) is 5.69 Å². The van der Waals surface area contributed by atoms with Crippen molar-refractivity contribution < 1.29 is 4.79 Å². The first-order chi connectivity index (χ1) is 6.09. The molecule has 0 aliphatic rings. The van der Waals surface area contributed by atoms with E-state index in [-0.39, 0.29) is 5.91 Å². The molecule has 72 valence electrons. The molecule has 1 amide bonds. The molecular formula is C8H13N3OS. The first-order valence-corrected chi connectivity index (χ1v) is 4.87. The Hall–Kier alpha value is -1.10. The highest BCUT2D eigenvalue weighted by atomic mass is 32.1. The zero-order valence-corrected chi connectivity index (χ0v) is 8.57. The van der Waals surface area contributed by atoms with E-state index in [0.717, 1.165) is 17.0 Å². The third kappa shape index (κ3) is 3.02. The minimum absolute atomic E-state index is 0.0131. The Morgan fingerprint density at radius 2 is 2.38 bits per heavy atom. The molecule has 0 fully saturated rings. The van der Waals surface area contributed by atoms with Crippen molar-refractivity contribution in [2.24, 2.45) is 0 Å². The Labute approximate surface area is 81.2 Å². The number of aryl methyl sites for hydroxylation is 1. The van der Waals surface area contributed by atoms with Crippen molar-refractivity contribution in [2.45, 2.75) is 20.3 Å². The SMILES string of the molecule is CC(=O)NCCc1nc(N)sc1C. The van der Waals surface area contributed by atoms with Gasteiger partial charge in [0.15, 0.2) is 5.13 Å². The Morgan fingerprint density at radius 3 is 2.85 bits per heavy atom. The Kier molecular flexibility index (Phi) is 3.25. The van der Waals surface area contributed by atoms with Crippen LogP contribution in [-0.2, 0) is 11.2 Å². The minimum Gasteiger partial charge on any atom is -0.375 e. The summed E-state index contributed by atoms with van der Waals surface area (Å²) in [5, 5.41) is 3.31. The van der Waals surface area contributed by atoms with E-state index in [1.54, 1.807) is 0 Å². The van der Waals surface area contributed by atoms with Gasteiger partial charge in [-0.05, 0) is 6.92 Å². The number of anilines is 1. The van der Waals surface area contributed by atoms with Gasteiger partial charge in [0.2, 0.25) is 5.91 Å². The van der Waals surface area contributed by atoms with Gasteiger partial charge in [-0.25, -0.2) is 4.98 Å². The van der Waals surface area contributed by atoms with Crippen LogP contribution in [0.2, 0.25) is 0 Å². The fraction of sp³-hybridized carbons (Fsp3) is 0.500. The molecule has 0 aliphatic heterocycles. The maximum absolute atomic E-state index is 10.6. The minimum atomic E-state index is -0.0131. The lowest BCUT2D eigenvalue weighted by Crippen LogP contribution is -2.22. The molecule has 0 unspecified atom stereocenters. The van der Waals surface area contributed by atoms with Gasteiger partial charge in [0, 0.05) is 24.8 Å². The van der Waals surface area contributed by atoms with E-state index < -0.39 is 0 Å². The summed E-state index contributed by atoms with van der Waals surface area (Å²) in [6.45, 7) is 4.11. The number of nitrogen functional groups attached to an aromatic ring is 1. The maximum Gasteiger partial charge on any atom is 0.216 e. The van der Waals surface area contributed by atoms with Gasteiger partial charge in [-0.15, -0.1) is 11.3 Å². The van der Waals surface area contributed by atoms with Crippen LogP contribution < -0.4 is 11.1 Å². The third-order valence-corrected chi connectivity index (χ3v) is 2.49. The Balaban J connectivity index is 2.45. The molecule has 1 aromatic heterocycles. The van der Waals surface area contributed by atoms with Gasteiger partial charge in [0.1, 0.15) is 0 Å². The molecule has 1 rings (SSSR count). The molecule has 0 saturated carbocycles. The predicted octanol–water partition coefficient (Wildman–Crippen LogP) is 0.712. The van der Waals surface area contributed by atoms with Crippen LogP contribution in [-0.4, -0.2) is 17.4 Å². The summed E-state index contributed by atoms with van der Waals surface area (Å²) in [4.78, 5) is 15.9. The van der Waals surface area contributed by atoms with Crippen molar-refractivity contribution in [2.75, 3.05) is 12.3 Å². The smallest absolute Gasteiger partial charge is 0.216 e. The van der Waals surface area contributed by atoms with E-state index in [4.69, 9.17) is 5.73 Å². The van der Waals surface area contributed by atoms with Gasteiger partial charge >= 0.3 is 0 Å². The van der Waals surface area contributed by atoms with Crippen molar-refractivity contribution in [3.05, 3.63) is 10.6 Å². The van der Waals surface area contributed by atoms with Gasteiger partial charge in [0.25, 0.3) is 0 Å². The highest BCUT2D eigenvalue weighted by molar-refractivity contribution is 7.15. The normalized spacial score (nSPS) is 10.0. The van der Waals surface area contributed by atoms with E-state index in [1.165, 1.54) is 18.3 Å². The fourth-order valence-electron chi connectivity index (χ4n) is 1.04. The van der Waals surface area contributed by atoms with E-state index >= 15 is 0 Å². The highest BCUT2D eigenvalue weighted by Crippen LogP contribution is 2.18. The lowest BCUT2D eigenvalue weighted by atomic mass is 10.3. The number of hydrogen-bond donors (Lipinski definition) is 2. The standard InChI is InChI=1S/C8H13N3OS/c1-5-7(11-8(9)13-5)3-4-10-6(2)12/h3-4H2,1-2H3,(H2,9,11)(H,10,12). The molecule has 0 aliphatic carbocycles. The average Bonchev–Trinajstić information content (AvgIpc) is 2.29. The van der Waals surface area contributed by atoms with E-state index in [9.17, 15) is 4.79 Å². The lowest BCUT2D eigenvalue weighted by molar-refractivity contribution is -0.118. The molecule has 4 nitrogen and oxygen atoms in total. The molecule has 0 bridgehead atoms. The van der Waals surface area contributed by atoms with Crippen molar-refractivity contribution >= 4 is 22.4 Å². The number of amides is 1. The molecule has 0 saturated heterocycles. The number of hydrogen-bond acceptors (Lipinski definition) is 4. The van der Waals surface area contributed by atoms with Crippen LogP contribution in [0.15, 0.2) is 0 Å². The van der Waals surface area contributed by atoms with Crippen LogP contribution in [0.1, 0.15) is 17.5 Å². The quantitative estimate of drug-likeness (QED) is 0.753. The summed E-state index contributed by atoms with van der Waals surface area (Å²) >= 11 is 1.48. The van der Waals surface area contributed by atoms with E-state index in [2.05, 4.69) is 10.3 Å². The molecule has 0 spiro atoms. The number of nitrogens with zero attached hydrogens (tertiary/aromatic N) is 1. The first-order valence-electron chi connectivity index (χ1n) is 4.06. The number of rotatable bonds is 3. The lowest BCUT2D eigenvalue weighted by Gasteiger charge is -1.99. The Bertz CT molecular complexity index is 308. The summed E-state index contributed by atoms with van der Waals surface area (Å²) < 4.78 is 0. The van der Waals surface area contributed by atoms with Gasteiger partial charge in [-0.2, -0.15) is 0 Å². The van der Waals surface area contributed by atoms with Crippen LogP contribution in [0.4, 0.5) is 5.13 Å². The summed E-state index contributed by atoms with van der Waals surface area (Å²) in [5.74, 6) is -0.0131. The molecule has 0 radical (unpaired) electrons. The molecule has 13 heavy (non-hydrogen) atoms. The molecule has 0 atom stereocenters. The molecule has 0 aromatic carbocycles. The van der Waals surface area contributed by atoms with Crippen LogP contribution in [0.5, 0.6) is 0 Å². The topological polar surface area (TPSA) is 68.0 Å². The number of thiazole rings is 1. The maximum atomic E-state index is 10.6. The summed E-state index contributed by atoms with van der Waals surface area (Å²) in [5.41, 5.74) is 6.51. The second-order valence-electron chi connectivity index (χ2n) is 2.79. The number of carbonyl (C=O) groups is 1. The molecule has 1 aromatic rings. The van der Waals surface area contributed by atoms with Crippen LogP contribution in [0, 0.1) is 6.92 Å². The molecule has 3 N–H and O–H groups in total. The monoisotopic (exact) mass is 199 g/mol.